The molecule has 1 aromatic carbocycles. The minimum Gasteiger partial charge on any atom is -0.481 e. The van der Waals surface area contributed by atoms with Gasteiger partial charge in [0.05, 0.1) is 34.9 Å². The van der Waals surface area contributed by atoms with E-state index in [-0.39, 0.29) is 17.1 Å². The quantitative estimate of drug-likeness (QED) is 0.656. The van der Waals surface area contributed by atoms with Gasteiger partial charge in [0.1, 0.15) is 0 Å². The predicted molar refractivity (Wildman–Crippen MR) is 112 cm³/mol. The molecule has 0 saturated heterocycles. The van der Waals surface area contributed by atoms with Crippen molar-refractivity contribution in [2.45, 2.75) is 50.7 Å². The summed E-state index contributed by atoms with van der Waals surface area (Å²) in [7, 11) is -3.76. The third-order valence-electron chi connectivity index (χ3n) is 5.45. The number of carbonyl (C=O) groups is 1. The fourth-order valence-electron chi connectivity index (χ4n) is 3.64. The Hall–Kier alpha value is -2.88. The zero-order chi connectivity index (χ0) is 23.7. The van der Waals surface area contributed by atoms with Gasteiger partial charge in [-0.1, -0.05) is 17.7 Å². The molecule has 0 aliphatic heterocycles. The average molecular weight is 468 g/mol. The second-order valence-corrected chi connectivity index (χ2v) is 9.80. The molecule has 1 heterocycles. The summed E-state index contributed by atoms with van der Waals surface area (Å²) >= 11 is 0. The van der Waals surface area contributed by atoms with Crippen molar-refractivity contribution in [3.63, 3.8) is 0 Å². The van der Waals surface area contributed by atoms with E-state index < -0.39 is 27.5 Å². The number of nitrogens with zero attached hydrogens (tertiary/aromatic N) is 2. The van der Waals surface area contributed by atoms with E-state index >= 15 is 0 Å². The third kappa shape index (κ3) is 5.48. The molecule has 1 aromatic heterocycles. The van der Waals surface area contributed by atoms with E-state index in [1.54, 1.807) is 17.7 Å². The number of alkyl halides is 3. The number of halogens is 3. The largest absolute Gasteiger partial charge is 0.481 e. The summed E-state index contributed by atoms with van der Waals surface area (Å²) in [5.74, 6) is -1.18. The van der Waals surface area contributed by atoms with E-state index in [1.165, 1.54) is 0 Å². The Morgan fingerprint density at radius 1 is 1.09 bits per heavy atom. The lowest BCUT2D eigenvalue weighted by molar-refractivity contribution is -0.138. The highest BCUT2D eigenvalue weighted by atomic mass is 32.2. The zero-order valence-corrected chi connectivity index (χ0v) is 18.4. The first kappa shape index (κ1) is 23.8. The number of aryl methyl sites for hydroxylation is 1. The molecule has 3 rings (SSSR count). The number of aliphatic carboxylic acids is 1. The number of allylic oxidation sites excluding steroid dienone is 3. The van der Waals surface area contributed by atoms with Crippen molar-refractivity contribution in [2.24, 2.45) is 0 Å². The summed E-state index contributed by atoms with van der Waals surface area (Å²) in [4.78, 5) is 10.9. The van der Waals surface area contributed by atoms with Gasteiger partial charge in [0, 0.05) is 11.3 Å². The van der Waals surface area contributed by atoms with Crippen LogP contribution in [0.4, 0.5) is 13.2 Å². The molecular formula is C22H23F3N2O4S. The van der Waals surface area contributed by atoms with Crippen LogP contribution in [0, 0.1) is 13.8 Å². The molecule has 0 saturated carbocycles. The maximum Gasteiger partial charge on any atom is 0.416 e. The lowest BCUT2D eigenvalue weighted by Gasteiger charge is -2.16. The predicted octanol–water partition coefficient (Wildman–Crippen LogP) is 4.27. The van der Waals surface area contributed by atoms with Gasteiger partial charge >= 0.3 is 12.1 Å². The molecule has 2 aromatic rings. The molecule has 0 fully saturated rings. The topological polar surface area (TPSA) is 89.3 Å². The molecule has 0 bridgehead atoms. The number of carboxylic acids is 1. The summed E-state index contributed by atoms with van der Waals surface area (Å²) in [5.41, 5.74) is 2.94. The first-order valence-corrected chi connectivity index (χ1v) is 11.5. The van der Waals surface area contributed by atoms with Crippen LogP contribution in [-0.4, -0.2) is 35.0 Å². The van der Waals surface area contributed by atoms with Gasteiger partial charge in [-0.25, -0.2) is 8.42 Å². The highest BCUT2D eigenvalue weighted by Gasteiger charge is 2.30. The van der Waals surface area contributed by atoms with Gasteiger partial charge in [-0.05, 0) is 56.5 Å². The SMILES string of the molecule is Cc1nn(CC2=CC=C(CS(=O)(=O)c3ccc(C(F)(F)F)cc3)CC2)c(C)c1CC(=O)O. The maximum atomic E-state index is 12.7. The van der Waals surface area contributed by atoms with Gasteiger partial charge in [0.25, 0.3) is 0 Å². The fourth-order valence-corrected chi connectivity index (χ4v) is 5.09. The van der Waals surface area contributed by atoms with Crippen LogP contribution in [0.5, 0.6) is 0 Å². The van der Waals surface area contributed by atoms with Crippen molar-refractivity contribution in [1.29, 1.82) is 0 Å². The second-order valence-electron chi connectivity index (χ2n) is 7.81. The van der Waals surface area contributed by atoms with Gasteiger partial charge in [0.15, 0.2) is 9.84 Å². The monoisotopic (exact) mass is 468 g/mol. The fraction of sp³-hybridized carbons (Fsp3) is 0.364. The van der Waals surface area contributed by atoms with Gasteiger partial charge in [-0.15, -0.1) is 0 Å². The second kappa shape index (κ2) is 8.93. The number of hydrogen-bond donors (Lipinski definition) is 1. The molecule has 6 nitrogen and oxygen atoms in total. The lowest BCUT2D eigenvalue weighted by atomic mass is 9.99. The lowest BCUT2D eigenvalue weighted by Crippen LogP contribution is -2.13. The summed E-state index contributed by atoms with van der Waals surface area (Å²) in [6, 6.07) is 3.51. The number of rotatable bonds is 7. The Bertz CT molecular complexity index is 1190. The molecular weight excluding hydrogens is 445 g/mol. The Labute approximate surface area is 184 Å². The minimum atomic E-state index is -4.52. The molecule has 1 aliphatic rings. The molecule has 0 unspecified atom stereocenters. The van der Waals surface area contributed by atoms with E-state index in [2.05, 4.69) is 5.10 Å². The smallest absolute Gasteiger partial charge is 0.416 e. The van der Waals surface area contributed by atoms with Crippen LogP contribution in [0.25, 0.3) is 0 Å². The van der Waals surface area contributed by atoms with Crippen LogP contribution in [0.15, 0.2) is 52.5 Å². The third-order valence-corrected chi connectivity index (χ3v) is 7.19. The summed E-state index contributed by atoms with van der Waals surface area (Å²) in [6.07, 6.45) is 0.0600. The van der Waals surface area contributed by atoms with E-state index in [0.29, 0.717) is 36.2 Å². The first-order valence-electron chi connectivity index (χ1n) is 9.89. The first-order chi connectivity index (χ1) is 14.9. The number of carboxylic acid groups (broad SMARTS) is 1. The molecule has 0 amide bonds. The van der Waals surface area contributed by atoms with Crippen molar-refractivity contribution in [3.8, 4) is 0 Å². The van der Waals surface area contributed by atoms with Crippen molar-refractivity contribution in [1.82, 2.24) is 9.78 Å². The number of aromatic nitrogens is 2. The van der Waals surface area contributed by atoms with Gasteiger partial charge < -0.3 is 5.11 Å². The average Bonchev–Trinajstić information content (AvgIpc) is 2.96. The molecule has 0 spiro atoms. The minimum absolute atomic E-state index is 0.0947. The van der Waals surface area contributed by atoms with E-state index in [0.717, 1.165) is 35.5 Å². The Balaban J connectivity index is 1.71. The number of sulfone groups is 1. The van der Waals surface area contributed by atoms with Gasteiger partial charge in [-0.2, -0.15) is 18.3 Å². The number of benzene rings is 1. The number of hydrogen-bond acceptors (Lipinski definition) is 4. The molecule has 0 radical (unpaired) electrons. The van der Waals surface area contributed by atoms with Gasteiger partial charge in [0.2, 0.25) is 0 Å². The Kier molecular flexibility index (Phi) is 6.64. The highest BCUT2D eigenvalue weighted by molar-refractivity contribution is 7.91. The van der Waals surface area contributed by atoms with Crippen LogP contribution in [0.2, 0.25) is 0 Å². The van der Waals surface area contributed by atoms with Crippen LogP contribution < -0.4 is 0 Å². The van der Waals surface area contributed by atoms with Crippen LogP contribution in [0.3, 0.4) is 0 Å². The maximum absolute atomic E-state index is 12.7. The van der Waals surface area contributed by atoms with Gasteiger partial charge in [-0.3, -0.25) is 9.48 Å². The van der Waals surface area contributed by atoms with Crippen molar-refractivity contribution in [3.05, 3.63) is 70.1 Å². The molecule has 172 valence electrons. The van der Waals surface area contributed by atoms with Crippen molar-refractivity contribution in [2.75, 3.05) is 5.75 Å². The van der Waals surface area contributed by atoms with E-state index in [1.807, 2.05) is 13.0 Å². The van der Waals surface area contributed by atoms with Crippen molar-refractivity contribution < 1.29 is 31.5 Å². The highest BCUT2D eigenvalue weighted by Crippen LogP contribution is 2.30. The van der Waals surface area contributed by atoms with Crippen LogP contribution >= 0.6 is 0 Å². The molecule has 1 N–H and O–H groups in total. The van der Waals surface area contributed by atoms with Crippen LogP contribution in [-0.2, 0) is 33.8 Å². The standard InChI is InChI=1S/C22H23F3N2O4S/c1-14-20(11-21(28)29)15(2)27(26-14)12-16-3-5-17(6-4-16)13-32(30,31)19-9-7-18(8-10-19)22(23,24)25/h3,5,7-10H,4,6,11-13H2,1-2H3,(H,28,29). The zero-order valence-electron chi connectivity index (χ0n) is 17.6. The van der Waals surface area contributed by atoms with E-state index in [4.69, 9.17) is 5.11 Å². The normalized spacial score (nSPS) is 14.8. The summed E-state index contributed by atoms with van der Waals surface area (Å²) in [6.45, 7) is 4.06. The van der Waals surface area contributed by atoms with Crippen LogP contribution in [0.1, 0.15) is 35.4 Å². The molecule has 10 heteroatoms. The van der Waals surface area contributed by atoms with Crippen molar-refractivity contribution >= 4 is 15.8 Å². The molecule has 1 aliphatic carbocycles. The Morgan fingerprint density at radius 2 is 1.69 bits per heavy atom. The Morgan fingerprint density at radius 3 is 2.22 bits per heavy atom. The van der Waals surface area contributed by atoms with E-state index in [9.17, 15) is 26.4 Å². The summed E-state index contributed by atoms with van der Waals surface area (Å²) < 4.78 is 65.0. The summed E-state index contributed by atoms with van der Waals surface area (Å²) in [5, 5.41) is 13.5. The molecule has 32 heavy (non-hydrogen) atoms. The molecule has 0 atom stereocenters.